The smallest absolute Gasteiger partial charge is 0.272 e. The molecule has 1 amide bonds. The third-order valence-corrected chi connectivity index (χ3v) is 6.24. The largest absolute Gasteiger partial charge is 0.315 e. The van der Waals surface area contributed by atoms with Gasteiger partial charge in [0.15, 0.2) is 0 Å². The lowest BCUT2D eigenvalue weighted by Crippen LogP contribution is -2.41. The van der Waals surface area contributed by atoms with Crippen LogP contribution in [0.1, 0.15) is 26.7 Å². The van der Waals surface area contributed by atoms with Gasteiger partial charge in [0, 0.05) is 26.1 Å². The van der Waals surface area contributed by atoms with Crippen LogP contribution in [0, 0.1) is 0 Å². The van der Waals surface area contributed by atoms with Crippen molar-refractivity contribution >= 4 is 32.4 Å². The number of sulfonamides is 1. The van der Waals surface area contributed by atoms with Crippen molar-refractivity contribution in [2.75, 3.05) is 25.0 Å². The Hall–Kier alpha value is -1.10. The fourth-order valence-electron chi connectivity index (χ4n) is 2.22. The third kappa shape index (κ3) is 3.76. The number of aromatic nitrogens is 2. The molecule has 1 aromatic rings. The van der Waals surface area contributed by atoms with Crippen LogP contribution in [0.3, 0.4) is 0 Å². The van der Waals surface area contributed by atoms with Crippen molar-refractivity contribution in [3.05, 3.63) is 0 Å². The first-order chi connectivity index (χ1) is 9.95. The first-order valence-electron chi connectivity index (χ1n) is 6.78. The molecular weight excluding hydrogens is 314 g/mol. The summed E-state index contributed by atoms with van der Waals surface area (Å²) >= 11 is 0.877. The van der Waals surface area contributed by atoms with Gasteiger partial charge in [-0.2, -0.15) is 4.31 Å². The molecule has 2 rings (SSSR count). The minimum absolute atomic E-state index is 0.0527. The third-order valence-electron chi connectivity index (χ3n) is 3.10. The summed E-state index contributed by atoms with van der Waals surface area (Å²) in [5, 5.41) is 13.2. The molecule has 21 heavy (non-hydrogen) atoms. The topological polar surface area (TPSA) is 104 Å². The van der Waals surface area contributed by atoms with Crippen molar-refractivity contribution in [1.82, 2.24) is 19.8 Å². The Morgan fingerprint density at radius 1 is 1.52 bits per heavy atom. The average Bonchev–Trinajstić information content (AvgIpc) is 3.05. The monoisotopic (exact) mass is 333 g/mol. The second-order valence-corrected chi connectivity index (χ2v) is 7.86. The SMILES string of the molecule is CCCN(C1CCNC1)S(=O)(=O)c1nnc(NC(C)=O)s1. The van der Waals surface area contributed by atoms with E-state index in [2.05, 4.69) is 20.8 Å². The molecule has 10 heteroatoms. The van der Waals surface area contributed by atoms with E-state index in [1.165, 1.54) is 11.2 Å². The van der Waals surface area contributed by atoms with Gasteiger partial charge in [0.1, 0.15) is 0 Å². The Balaban J connectivity index is 2.24. The van der Waals surface area contributed by atoms with Gasteiger partial charge in [-0.3, -0.25) is 4.79 Å². The number of nitrogens with one attached hydrogen (secondary N) is 2. The van der Waals surface area contributed by atoms with Crippen molar-refractivity contribution < 1.29 is 13.2 Å². The molecule has 1 saturated heterocycles. The summed E-state index contributed by atoms with van der Waals surface area (Å²) in [4.78, 5) is 11.0. The van der Waals surface area contributed by atoms with E-state index < -0.39 is 10.0 Å². The first kappa shape index (κ1) is 16.3. The van der Waals surface area contributed by atoms with Gasteiger partial charge >= 0.3 is 0 Å². The van der Waals surface area contributed by atoms with Gasteiger partial charge in [0.25, 0.3) is 10.0 Å². The van der Waals surface area contributed by atoms with Gasteiger partial charge in [-0.25, -0.2) is 8.42 Å². The lowest BCUT2D eigenvalue weighted by molar-refractivity contribution is -0.114. The van der Waals surface area contributed by atoms with Crippen LogP contribution >= 0.6 is 11.3 Å². The maximum Gasteiger partial charge on any atom is 0.272 e. The highest BCUT2D eigenvalue weighted by molar-refractivity contribution is 7.91. The fraction of sp³-hybridized carbons (Fsp3) is 0.727. The second kappa shape index (κ2) is 6.77. The van der Waals surface area contributed by atoms with Crippen LogP contribution in [0.4, 0.5) is 5.13 Å². The zero-order valence-corrected chi connectivity index (χ0v) is 13.6. The summed E-state index contributed by atoms with van der Waals surface area (Å²) in [7, 11) is -3.67. The van der Waals surface area contributed by atoms with E-state index in [0.29, 0.717) is 13.1 Å². The quantitative estimate of drug-likeness (QED) is 0.724. The number of nitrogens with zero attached hydrogens (tertiary/aromatic N) is 3. The molecule has 1 aromatic heterocycles. The predicted octanol–water partition coefficient (Wildman–Crippen LogP) is 0.259. The molecule has 0 saturated carbocycles. The number of anilines is 1. The normalized spacial score (nSPS) is 19.1. The molecule has 0 aromatic carbocycles. The molecule has 0 aliphatic carbocycles. The van der Waals surface area contributed by atoms with Gasteiger partial charge < -0.3 is 10.6 Å². The van der Waals surface area contributed by atoms with Gasteiger partial charge in [0.2, 0.25) is 15.4 Å². The van der Waals surface area contributed by atoms with Crippen LogP contribution in [-0.4, -0.2) is 54.5 Å². The number of hydrogen-bond donors (Lipinski definition) is 2. The van der Waals surface area contributed by atoms with Crippen LogP contribution in [-0.2, 0) is 14.8 Å². The van der Waals surface area contributed by atoms with Crippen molar-refractivity contribution in [3.63, 3.8) is 0 Å². The van der Waals surface area contributed by atoms with E-state index in [4.69, 9.17) is 0 Å². The standard InChI is InChI=1S/C11H19N5O3S2/c1-3-6-16(9-4-5-12-7-9)21(18,19)11-15-14-10(20-11)13-8(2)17/h9,12H,3-7H2,1-2H3,(H,13,14,17). The van der Waals surface area contributed by atoms with Gasteiger partial charge in [0.05, 0.1) is 0 Å². The molecule has 1 fully saturated rings. The van der Waals surface area contributed by atoms with Crippen LogP contribution in [0.2, 0.25) is 0 Å². The van der Waals surface area contributed by atoms with Crippen molar-refractivity contribution in [2.45, 2.75) is 37.1 Å². The second-order valence-electron chi connectivity index (χ2n) is 4.82. The van der Waals surface area contributed by atoms with Crippen LogP contribution in [0.5, 0.6) is 0 Å². The number of rotatable bonds is 6. The highest BCUT2D eigenvalue weighted by Crippen LogP contribution is 2.26. The molecular formula is C11H19N5O3S2. The van der Waals surface area contributed by atoms with E-state index in [-0.39, 0.29) is 21.4 Å². The van der Waals surface area contributed by atoms with Crippen LogP contribution in [0.15, 0.2) is 4.34 Å². The molecule has 1 unspecified atom stereocenters. The summed E-state index contributed by atoms with van der Waals surface area (Å²) in [6.07, 6.45) is 1.52. The summed E-state index contributed by atoms with van der Waals surface area (Å²) in [5.74, 6) is -0.305. The molecule has 2 N–H and O–H groups in total. The van der Waals surface area contributed by atoms with E-state index in [1.54, 1.807) is 0 Å². The number of carbonyl (C=O) groups is 1. The Bertz CT molecular complexity index is 595. The Kier molecular flexibility index (Phi) is 5.25. The minimum atomic E-state index is -3.67. The maximum absolute atomic E-state index is 12.7. The molecule has 1 aliphatic heterocycles. The van der Waals surface area contributed by atoms with E-state index in [0.717, 1.165) is 30.7 Å². The summed E-state index contributed by atoms with van der Waals surface area (Å²) in [5.41, 5.74) is 0. The molecule has 8 nitrogen and oxygen atoms in total. The Morgan fingerprint density at radius 2 is 2.29 bits per heavy atom. The summed E-state index contributed by atoms with van der Waals surface area (Å²) < 4.78 is 26.8. The van der Waals surface area contributed by atoms with E-state index >= 15 is 0 Å². The summed E-state index contributed by atoms with van der Waals surface area (Å²) in [6, 6.07) is -0.0527. The Morgan fingerprint density at radius 3 is 2.86 bits per heavy atom. The molecule has 1 aliphatic rings. The lowest BCUT2D eigenvalue weighted by Gasteiger charge is -2.25. The maximum atomic E-state index is 12.7. The van der Waals surface area contributed by atoms with E-state index in [9.17, 15) is 13.2 Å². The van der Waals surface area contributed by atoms with Crippen molar-refractivity contribution in [2.24, 2.45) is 0 Å². The molecule has 0 bridgehead atoms. The number of amides is 1. The highest BCUT2D eigenvalue weighted by atomic mass is 32.2. The van der Waals surface area contributed by atoms with Crippen LogP contribution < -0.4 is 10.6 Å². The minimum Gasteiger partial charge on any atom is -0.315 e. The lowest BCUT2D eigenvalue weighted by atomic mass is 10.2. The van der Waals surface area contributed by atoms with Gasteiger partial charge in [-0.1, -0.05) is 18.3 Å². The van der Waals surface area contributed by atoms with Gasteiger partial charge in [-0.05, 0) is 19.4 Å². The van der Waals surface area contributed by atoms with E-state index in [1.807, 2.05) is 6.92 Å². The number of carbonyl (C=O) groups excluding carboxylic acids is 1. The fourth-order valence-corrected chi connectivity index (χ4v) is 5.03. The molecule has 1 atom stereocenters. The first-order valence-corrected chi connectivity index (χ1v) is 9.04. The van der Waals surface area contributed by atoms with Gasteiger partial charge in [-0.15, -0.1) is 10.2 Å². The molecule has 0 radical (unpaired) electrons. The van der Waals surface area contributed by atoms with Crippen molar-refractivity contribution in [1.29, 1.82) is 0 Å². The zero-order chi connectivity index (χ0) is 15.5. The highest BCUT2D eigenvalue weighted by Gasteiger charge is 2.35. The molecule has 2 heterocycles. The average molecular weight is 333 g/mol. The summed E-state index contributed by atoms with van der Waals surface area (Å²) in [6.45, 7) is 5.19. The zero-order valence-electron chi connectivity index (χ0n) is 12.0. The predicted molar refractivity (Wildman–Crippen MR) is 79.7 cm³/mol. The van der Waals surface area contributed by atoms with Crippen LogP contribution in [0.25, 0.3) is 0 Å². The molecule has 0 spiro atoms. The molecule has 118 valence electrons. The number of hydrogen-bond acceptors (Lipinski definition) is 7. The Labute approximate surface area is 128 Å². The van der Waals surface area contributed by atoms with Crippen molar-refractivity contribution in [3.8, 4) is 0 Å².